The van der Waals surface area contributed by atoms with Crippen LogP contribution in [-0.2, 0) is 11.2 Å². The predicted octanol–water partition coefficient (Wildman–Crippen LogP) is 2.82. The van der Waals surface area contributed by atoms with Gasteiger partial charge in [0.2, 0.25) is 5.91 Å². The van der Waals surface area contributed by atoms with E-state index in [1.807, 2.05) is 0 Å². The van der Waals surface area contributed by atoms with Crippen LogP contribution in [0, 0.1) is 5.82 Å². The summed E-state index contributed by atoms with van der Waals surface area (Å²) >= 11 is 3.29. The Balaban J connectivity index is 1.58. The molecule has 7 heteroatoms. The number of halogens is 2. The van der Waals surface area contributed by atoms with Gasteiger partial charge < -0.3 is 14.9 Å². The number of benzene rings is 2. The molecule has 1 N–H and O–H groups in total. The SMILES string of the molecule is O=C(Cc1ccc(F)cc1)N1CCN(C(=O)c2cc(Br)ccc2O)CC1. The van der Waals surface area contributed by atoms with Crippen LogP contribution in [0.4, 0.5) is 4.39 Å². The summed E-state index contributed by atoms with van der Waals surface area (Å²) in [5.41, 5.74) is 0.999. The van der Waals surface area contributed by atoms with Crippen molar-refractivity contribution in [3.8, 4) is 5.75 Å². The Kier molecular flexibility index (Phi) is 5.56. The molecule has 0 spiro atoms. The van der Waals surface area contributed by atoms with Crippen molar-refractivity contribution in [3.05, 3.63) is 63.9 Å². The van der Waals surface area contributed by atoms with Crippen LogP contribution in [0.5, 0.6) is 5.75 Å². The summed E-state index contributed by atoms with van der Waals surface area (Å²) in [6, 6.07) is 10.6. The van der Waals surface area contributed by atoms with Crippen LogP contribution in [0.3, 0.4) is 0 Å². The molecule has 2 aromatic rings. The highest BCUT2D eigenvalue weighted by Gasteiger charge is 2.26. The fourth-order valence-electron chi connectivity index (χ4n) is 2.90. The Labute approximate surface area is 159 Å². The number of amides is 2. The van der Waals surface area contributed by atoms with Gasteiger partial charge in [-0.25, -0.2) is 4.39 Å². The van der Waals surface area contributed by atoms with Crippen molar-refractivity contribution < 1.29 is 19.1 Å². The van der Waals surface area contributed by atoms with Crippen molar-refractivity contribution in [1.82, 2.24) is 9.80 Å². The first-order chi connectivity index (χ1) is 12.4. The van der Waals surface area contributed by atoms with Gasteiger partial charge in [0.15, 0.2) is 0 Å². The normalized spacial score (nSPS) is 14.4. The lowest BCUT2D eigenvalue weighted by molar-refractivity contribution is -0.131. The lowest BCUT2D eigenvalue weighted by Gasteiger charge is -2.35. The Bertz CT molecular complexity index is 818. The molecular formula is C19H18BrFN2O3. The molecule has 0 saturated carbocycles. The molecule has 0 unspecified atom stereocenters. The molecule has 3 rings (SSSR count). The maximum absolute atomic E-state index is 12.9. The molecule has 136 valence electrons. The van der Waals surface area contributed by atoms with Crippen LogP contribution in [0.15, 0.2) is 46.9 Å². The van der Waals surface area contributed by atoms with Crippen molar-refractivity contribution in [2.24, 2.45) is 0 Å². The first-order valence-electron chi connectivity index (χ1n) is 8.24. The number of phenols is 1. The van der Waals surface area contributed by atoms with Crippen LogP contribution >= 0.6 is 15.9 Å². The number of piperazine rings is 1. The molecule has 5 nitrogen and oxygen atoms in total. The highest BCUT2D eigenvalue weighted by molar-refractivity contribution is 9.10. The largest absolute Gasteiger partial charge is 0.507 e. The monoisotopic (exact) mass is 420 g/mol. The fraction of sp³-hybridized carbons (Fsp3) is 0.263. The molecule has 0 aliphatic carbocycles. The van der Waals surface area contributed by atoms with Crippen LogP contribution in [0.1, 0.15) is 15.9 Å². The van der Waals surface area contributed by atoms with Crippen molar-refractivity contribution >= 4 is 27.7 Å². The third-order valence-electron chi connectivity index (χ3n) is 4.38. The molecule has 1 fully saturated rings. The van der Waals surface area contributed by atoms with E-state index in [1.54, 1.807) is 34.1 Å². The van der Waals surface area contributed by atoms with Crippen LogP contribution in [0.2, 0.25) is 0 Å². The number of rotatable bonds is 3. The smallest absolute Gasteiger partial charge is 0.257 e. The highest BCUT2D eigenvalue weighted by atomic mass is 79.9. The van der Waals surface area contributed by atoms with Gasteiger partial charge in [-0.3, -0.25) is 9.59 Å². The molecule has 0 aromatic heterocycles. The number of hydrogen-bond acceptors (Lipinski definition) is 3. The van der Waals surface area contributed by atoms with E-state index in [9.17, 15) is 19.1 Å². The Hall–Kier alpha value is -2.41. The fourth-order valence-corrected chi connectivity index (χ4v) is 3.26. The maximum Gasteiger partial charge on any atom is 0.257 e. The Morgan fingerprint density at radius 2 is 1.62 bits per heavy atom. The number of carbonyl (C=O) groups is 2. The molecule has 2 aromatic carbocycles. The van der Waals surface area contributed by atoms with Gasteiger partial charge in [-0.1, -0.05) is 28.1 Å². The molecule has 2 amide bonds. The minimum absolute atomic E-state index is 0.0472. The van der Waals surface area contributed by atoms with E-state index in [0.29, 0.717) is 30.7 Å². The summed E-state index contributed by atoms with van der Waals surface area (Å²) in [5.74, 6) is -0.694. The summed E-state index contributed by atoms with van der Waals surface area (Å²) < 4.78 is 13.7. The topological polar surface area (TPSA) is 60.9 Å². The average Bonchev–Trinajstić information content (AvgIpc) is 2.65. The number of nitrogens with zero attached hydrogens (tertiary/aromatic N) is 2. The third-order valence-corrected chi connectivity index (χ3v) is 4.87. The standard InChI is InChI=1S/C19H18BrFN2O3/c20-14-3-6-17(24)16(12-14)19(26)23-9-7-22(8-10-23)18(25)11-13-1-4-15(21)5-2-13/h1-6,12,24H,7-11H2. The van der Waals surface area contributed by atoms with Crippen molar-refractivity contribution in [2.75, 3.05) is 26.2 Å². The average molecular weight is 421 g/mol. The summed E-state index contributed by atoms with van der Waals surface area (Å²) in [6.45, 7) is 1.67. The molecular weight excluding hydrogens is 403 g/mol. The number of phenolic OH excluding ortho intramolecular Hbond substituents is 1. The van der Waals surface area contributed by atoms with Gasteiger partial charge in [-0.2, -0.15) is 0 Å². The predicted molar refractivity (Wildman–Crippen MR) is 98.4 cm³/mol. The van der Waals surface area contributed by atoms with Gasteiger partial charge in [-0.15, -0.1) is 0 Å². The zero-order chi connectivity index (χ0) is 18.7. The number of carbonyl (C=O) groups excluding carboxylic acids is 2. The van der Waals surface area contributed by atoms with E-state index in [-0.39, 0.29) is 35.4 Å². The Morgan fingerprint density at radius 1 is 1.00 bits per heavy atom. The lowest BCUT2D eigenvalue weighted by atomic mass is 10.1. The molecule has 1 aliphatic heterocycles. The molecule has 1 aliphatic rings. The number of hydrogen-bond donors (Lipinski definition) is 1. The van der Waals surface area contributed by atoms with E-state index in [1.165, 1.54) is 18.2 Å². The zero-order valence-electron chi connectivity index (χ0n) is 14.0. The zero-order valence-corrected chi connectivity index (χ0v) is 15.6. The Morgan fingerprint density at radius 3 is 2.27 bits per heavy atom. The maximum atomic E-state index is 12.9. The second-order valence-corrected chi connectivity index (χ2v) is 7.05. The van der Waals surface area contributed by atoms with E-state index in [0.717, 1.165) is 5.56 Å². The van der Waals surface area contributed by atoms with Gasteiger partial charge >= 0.3 is 0 Å². The second kappa shape index (κ2) is 7.86. The van der Waals surface area contributed by atoms with E-state index in [4.69, 9.17) is 0 Å². The summed E-state index contributed by atoms with van der Waals surface area (Å²) in [6.07, 6.45) is 0.209. The molecule has 0 atom stereocenters. The van der Waals surface area contributed by atoms with Gasteiger partial charge in [-0.05, 0) is 35.9 Å². The van der Waals surface area contributed by atoms with Gasteiger partial charge in [0, 0.05) is 30.7 Å². The van der Waals surface area contributed by atoms with Crippen molar-refractivity contribution in [2.45, 2.75) is 6.42 Å². The van der Waals surface area contributed by atoms with Gasteiger partial charge in [0.05, 0.1) is 12.0 Å². The van der Waals surface area contributed by atoms with E-state index < -0.39 is 0 Å². The van der Waals surface area contributed by atoms with E-state index >= 15 is 0 Å². The summed E-state index contributed by atoms with van der Waals surface area (Å²) in [4.78, 5) is 28.3. The minimum atomic E-state index is -0.330. The second-order valence-electron chi connectivity index (χ2n) is 6.14. The molecule has 1 heterocycles. The first kappa shape index (κ1) is 18.4. The van der Waals surface area contributed by atoms with Crippen molar-refractivity contribution in [1.29, 1.82) is 0 Å². The van der Waals surface area contributed by atoms with E-state index in [2.05, 4.69) is 15.9 Å². The lowest BCUT2D eigenvalue weighted by Crippen LogP contribution is -2.51. The van der Waals surface area contributed by atoms with Gasteiger partial charge in [0.25, 0.3) is 5.91 Å². The highest BCUT2D eigenvalue weighted by Crippen LogP contribution is 2.24. The van der Waals surface area contributed by atoms with Crippen LogP contribution in [0.25, 0.3) is 0 Å². The van der Waals surface area contributed by atoms with Gasteiger partial charge in [0.1, 0.15) is 11.6 Å². The quantitative estimate of drug-likeness (QED) is 0.830. The summed E-state index contributed by atoms with van der Waals surface area (Å²) in [7, 11) is 0. The van der Waals surface area contributed by atoms with Crippen molar-refractivity contribution in [3.63, 3.8) is 0 Å². The molecule has 0 radical (unpaired) electrons. The molecule has 0 bridgehead atoms. The molecule has 26 heavy (non-hydrogen) atoms. The summed E-state index contributed by atoms with van der Waals surface area (Å²) in [5, 5.41) is 9.90. The molecule has 1 saturated heterocycles. The third kappa shape index (κ3) is 4.22. The van der Waals surface area contributed by atoms with Crippen LogP contribution in [-0.4, -0.2) is 52.9 Å². The first-order valence-corrected chi connectivity index (χ1v) is 9.03. The minimum Gasteiger partial charge on any atom is -0.507 e. The number of aromatic hydroxyl groups is 1. The van der Waals surface area contributed by atoms with Crippen LogP contribution < -0.4 is 0 Å².